The van der Waals surface area contributed by atoms with E-state index in [0.717, 1.165) is 50.7 Å². The zero-order valence-corrected chi connectivity index (χ0v) is 19.2. The number of phenols is 1. The largest absolute Gasteiger partial charge is 0.502 e. The second kappa shape index (κ2) is 10.8. The van der Waals surface area contributed by atoms with Gasteiger partial charge in [0.25, 0.3) is 0 Å². The smallest absolute Gasteiger partial charge is 0.200 e. The average Bonchev–Trinajstić information content (AvgIpc) is 3.37. The van der Waals surface area contributed by atoms with Gasteiger partial charge in [0.05, 0.1) is 20.8 Å². The van der Waals surface area contributed by atoms with E-state index in [4.69, 9.17) is 14.5 Å². The summed E-state index contributed by atoms with van der Waals surface area (Å²) in [6.07, 6.45) is 5.65. The van der Waals surface area contributed by atoms with Crippen molar-refractivity contribution in [2.45, 2.75) is 25.9 Å². The first kappa shape index (κ1) is 22.6. The van der Waals surface area contributed by atoms with Gasteiger partial charge in [-0.2, -0.15) is 0 Å². The highest BCUT2D eigenvalue weighted by molar-refractivity contribution is 14.0. The highest BCUT2D eigenvalue weighted by Crippen LogP contribution is 2.37. The Kier molecular flexibility index (Phi) is 8.68. The second-order valence-electron chi connectivity index (χ2n) is 6.83. The molecule has 2 aliphatic rings. The molecule has 2 aliphatic heterocycles. The van der Waals surface area contributed by atoms with Crippen molar-refractivity contribution in [2.24, 2.45) is 4.99 Å². The first-order valence-electron chi connectivity index (χ1n) is 9.52. The van der Waals surface area contributed by atoms with E-state index >= 15 is 0 Å². The van der Waals surface area contributed by atoms with Crippen LogP contribution in [0.4, 0.5) is 0 Å². The first-order chi connectivity index (χ1) is 13.2. The summed E-state index contributed by atoms with van der Waals surface area (Å²) < 4.78 is 10.5. The molecule has 0 radical (unpaired) electrons. The summed E-state index contributed by atoms with van der Waals surface area (Å²) in [6.45, 7) is 7.51. The Balaban J connectivity index is 0.00000280. The molecule has 28 heavy (non-hydrogen) atoms. The SMILES string of the molecule is CCNC(=NCc1cc(OC)c(O)c(OC)c1)N1CCC(N2CC=CC2)C1.I. The number of nitrogens with one attached hydrogen (secondary N) is 1. The summed E-state index contributed by atoms with van der Waals surface area (Å²) in [4.78, 5) is 9.66. The number of phenolic OH excluding ortho intramolecular Hbond substituents is 1. The Hall–Kier alpha value is -1.68. The van der Waals surface area contributed by atoms with Crippen molar-refractivity contribution in [3.8, 4) is 17.2 Å². The minimum absolute atomic E-state index is 0. The van der Waals surface area contributed by atoms with E-state index in [9.17, 15) is 5.11 Å². The molecule has 0 aromatic heterocycles. The monoisotopic (exact) mass is 502 g/mol. The van der Waals surface area contributed by atoms with Crippen molar-refractivity contribution in [2.75, 3.05) is 46.9 Å². The van der Waals surface area contributed by atoms with Crippen molar-refractivity contribution < 1.29 is 14.6 Å². The van der Waals surface area contributed by atoms with Crippen LogP contribution in [0.15, 0.2) is 29.3 Å². The van der Waals surface area contributed by atoms with Gasteiger partial charge >= 0.3 is 0 Å². The van der Waals surface area contributed by atoms with Gasteiger partial charge in [-0.25, -0.2) is 4.99 Å². The summed E-state index contributed by atoms with van der Waals surface area (Å²) in [5.41, 5.74) is 0.927. The van der Waals surface area contributed by atoms with Crippen LogP contribution >= 0.6 is 24.0 Å². The van der Waals surface area contributed by atoms with Gasteiger partial charge in [-0.1, -0.05) is 12.2 Å². The van der Waals surface area contributed by atoms with E-state index in [1.165, 1.54) is 14.2 Å². The minimum Gasteiger partial charge on any atom is -0.502 e. The Labute approximate surface area is 184 Å². The van der Waals surface area contributed by atoms with Crippen molar-refractivity contribution >= 4 is 29.9 Å². The number of nitrogens with zero attached hydrogens (tertiary/aromatic N) is 3. The fourth-order valence-electron chi connectivity index (χ4n) is 3.66. The van der Waals surface area contributed by atoms with E-state index in [1.807, 2.05) is 0 Å². The maximum Gasteiger partial charge on any atom is 0.200 e. The quantitative estimate of drug-likeness (QED) is 0.270. The molecule has 1 unspecified atom stereocenters. The van der Waals surface area contributed by atoms with Crippen molar-refractivity contribution in [3.05, 3.63) is 29.8 Å². The number of likely N-dealkylation sites (tertiary alicyclic amines) is 1. The van der Waals surface area contributed by atoms with Crippen LogP contribution in [0.3, 0.4) is 0 Å². The third kappa shape index (κ3) is 5.22. The first-order valence-corrected chi connectivity index (χ1v) is 9.52. The lowest BCUT2D eigenvalue weighted by Crippen LogP contribution is -2.42. The summed E-state index contributed by atoms with van der Waals surface area (Å²) in [5.74, 6) is 1.74. The lowest BCUT2D eigenvalue weighted by atomic mass is 10.2. The Bertz CT molecular complexity index is 678. The van der Waals surface area contributed by atoms with E-state index in [1.54, 1.807) is 12.1 Å². The number of hydrogen-bond donors (Lipinski definition) is 2. The zero-order chi connectivity index (χ0) is 19.2. The number of aliphatic imine (C=N–C) groups is 1. The van der Waals surface area contributed by atoms with Crippen molar-refractivity contribution in [1.29, 1.82) is 0 Å². The van der Waals surface area contributed by atoms with Crippen molar-refractivity contribution in [1.82, 2.24) is 15.1 Å². The topological polar surface area (TPSA) is 69.6 Å². The molecular formula is C20H31IN4O3. The summed E-state index contributed by atoms with van der Waals surface area (Å²) in [6, 6.07) is 4.18. The fourth-order valence-corrected chi connectivity index (χ4v) is 3.66. The van der Waals surface area contributed by atoms with Crippen LogP contribution in [0.5, 0.6) is 17.2 Å². The summed E-state index contributed by atoms with van der Waals surface area (Å²) >= 11 is 0. The van der Waals surface area contributed by atoms with Crippen LogP contribution in [0, 0.1) is 0 Å². The predicted molar refractivity (Wildman–Crippen MR) is 122 cm³/mol. The Morgan fingerprint density at radius 3 is 2.43 bits per heavy atom. The molecule has 7 nitrogen and oxygen atoms in total. The number of rotatable bonds is 6. The van der Waals surface area contributed by atoms with E-state index in [-0.39, 0.29) is 29.7 Å². The van der Waals surface area contributed by atoms with Crippen LogP contribution < -0.4 is 14.8 Å². The molecule has 0 amide bonds. The highest BCUT2D eigenvalue weighted by Gasteiger charge is 2.29. The number of halogens is 1. The number of ether oxygens (including phenoxy) is 2. The number of methoxy groups -OCH3 is 2. The van der Waals surface area contributed by atoms with Crippen LogP contribution in [0.1, 0.15) is 18.9 Å². The molecule has 0 spiro atoms. The number of guanidine groups is 1. The molecular weight excluding hydrogens is 471 g/mol. The molecule has 0 saturated carbocycles. The van der Waals surface area contributed by atoms with Crippen LogP contribution in [-0.2, 0) is 6.54 Å². The van der Waals surface area contributed by atoms with E-state index in [0.29, 0.717) is 24.1 Å². The van der Waals surface area contributed by atoms with Gasteiger partial charge in [-0.3, -0.25) is 4.90 Å². The Morgan fingerprint density at radius 1 is 1.21 bits per heavy atom. The van der Waals surface area contributed by atoms with Gasteiger partial charge in [0.2, 0.25) is 5.75 Å². The normalized spacial score (nSPS) is 19.6. The molecule has 2 heterocycles. The van der Waals surface area contributed by atoms with Gasteiger partial charge in [-0.15, -0.1) is 24.0 Å². The van der Waals surface area contributed by atoms with E-state index in [2.05, 4.69) is 34.2 Å². The van der Waals surface area contributed by atoms with Gasteiger partial charge < -0.3 is 24.8 Å². The molecule has 0 bridgehead atoms. The minimum atomic E-state index is 0. The predicted octanol–water partition coefficient (Wildman–Crippen LogP) is 2.44. The molecule has 1 aromatic rings. The third-order valence-corrected chi connectivity index (χ3v) is 5.11. The van der Waals surface area contributed by atoms with E-state index < -0.39 is 0 Å². The zero-order valence-electron chi connectivity index (χ0n) is 16.9. The molecule has 1 atom stereocenters. The number of benzene rings is 1. The molecule has 2 N–H and O–H groups in total. The number of aromatic hydroxyl groups is 1. The van der Waals surface area contributed by atoms with Crippen LogP contribution in [-0.4, -0.2) is 73.9 Å². The lowest BCUT2D eigenvalue weighted by molar-refractivity contribution is 0.259. The maximum absolute atomic E-state index is 10.1. The lowest BCUT2D eigenvalue weighted by Gasteiger charge is -2.25. The maximum atomic E-state index is 10.1. The second-order valence-corrected chi connectivity index (χ2v) is 6.83. The summed E-state index contributed by atoms with van der Waals surface area (Å²) in [5, 5.41) is 13.5. The van der Waals surface area contributed by atoms with Gasteiger partial charge in [0.15, 0.2) is 17.5 Å². The highest BCUT2D eigenvalue weighted by atomic mass is 127. The number of hydrogen-bond acceptors (Lipinski definition) is 5. The molecule has 1 aromatic carbocycles. The average molecular weight is 502 g/mol. The third-order valence-electron chi connectivity index (χ3n) is 5.11. The van der Waals surface area contributed by atoms with Crippen LogP contribution in [0.25, 0.3) is 0 Å². The Morgan fingerprint density at radius 2 is 1.86 bits per heavy atom. The molecule has 0 aliphatic carbocycles. The fraction of sp³-hybridized carbons (Fsp3) is 0.550. The van der Waals surface area contributed by atoms with Gasteiger partial charge in [-0.05, 0) is 31.0 Å². The van der Waals surface area contributed by atoms with Gasteiger partial charge in [0, 0.05) is 38.8 Å². The summed E-state index contributed by atoms with van der Waals surface area (Å²) in [7, 11) is 3.06. The molecule has 1 fully saturated rings. The standard InChI is InChI=1S/C20H30N4O3.HI/c1-4-21-20(24-10-7-16(14-24)23-8-5-6-9-23)22-13-15-11-17(26-2)19(25)18(12-15)27-3;/h5-6,11-12,16,25H,4,7-10,13-14H2,1-3H3,(H,21,22);1H. The molecule has 1 saturated heterocycles. The molecule has 8 heteroatoms. The molecule has 3 rings (SSSR count). The van der Waals surface area contributed by atoms with Crippen LogP contribution in [0.2, 0.25) is 0 Å². The van der Waals surface area contributed by atoms with Gasteiger partial charge in [0.1, 0.15) is 0 Å². The van der Waals surface area contributed by atoms with Crippen molar-refractivity contribution in [3.63, 3.8) is 0 Å². The molecule has 156 valence electrons.